The zero-order chi connectivity index (χ0) is 22.5. The van der Waals surface area contributed by atoms with Crippen LogP contribution >= 0.6 is 0 Å². The molecule has 0 bridgehead atoms. The molecule has 0 spiro atoms. The van der Waals surface area contributed by atoms with Crippen molar-refractivity contribution >= 4 is 5.97 Å². The summed E-state index contributed by atoms with van der Waals surface area (Å²) in [6, 6.07) is 1.04. The molecular formula is C24H42O6. The van der Waals surface area contributed by atoms with E-state index in [2.05, 4.69) is 11.3 Å². The van der Waals surface area contributed by atoms with Gasteiger partial charge in [0.05, 0.1) is 0 Å². The van der Waals surface area contributed by atoms with E-state index in [0.29, 0.717) is 6.42 Å². The molecule has 1 heterocycles. The third-order valence-corrected chi connectivity index (χ3v) is 5.02. The molecule has 3 N–H and O–H groups in total. The number of aliphatic hydroxyl groups is 1. The number of hydrogen-bond acceptors (Lipinski definition) is 5. The molecule has 0 saturated carbocycles. The highest BCUT2D eigenvalue weighted by Crippen LogP contribution is 2.13. The normalized spacial score (nSPS) is 10.5. The standard InChI is InChI=1S/C18H36O2.C6H6O4/c1-2-3-4-5-6-7-8-9-10-11-12-13-14-15-16-17-18(19)20;7-2-4-1-5(8)6(9)3-10-4/h2-17H2,1H3,(H,19,20);1,3,7,9H,2H2. The van der Waals surface area contributed by atoms with Crippen LogP contribution in [-0.4, -0.2) is 21.3 Å². The van der Waals surface area contributed by atoms with Crippen molar-refractivity contribution in [3.8, 4) is 5.75 Å². The molecule has 0 fully saturated rings. The molecule has 174 valence electrons. The van der Waals surface area contributed by atoms with Gasteiger partial charge in [-0.25, -0.2) is 0 Å². The maximum atomic E-state index is 10.6. The molecule has 0 aliphatic carbocycles. The van der Waals surface area contributed by atoms with Gasteiger partial charge in [-0.05, 0) is 6.42 Å². The molecule has 0 atom stereocenters. The second kappa shape index (κ2) is 20.5. The first kappa shape index (κ1) is 28.2. The fourth-order valence-electron chi connectivity index (χ4n) is 3.17. The number of aliphatic carboxylic acids is 1. The Kier molecular flexibility index (Phi) is 19.2. The van der Waals surface area contributed by atoms with Gasteiger partial charge in [0.25, 0.3) is 0 Å². The van der Waals surface area contributed by atoms with E-state index in [0.717, 1.165) is 25.2 Å². The summed E-state index contributed by atoms with van der Waals surface area (Å²) in [5, 5.41) is 25.6. The van der Waals surface area contributed by atoms with Crippen LogP contribution in [0.3, 0.4) is 0 Å². The predicted octanol–water partition coefficient (Wildman–Crippen LogP) is 6.17. The van der Waals surface area contributed by atoms with E-state index in [9.17, 15) is 9.59 Å². The highest BCUT2D eigenvalue weighted by atomic mass is 16.4. The van der Waals surface area contributed by atoms with Crippen LogP contribution in [0, 0.1) is 0 Å². The van der Waals surface area contributed by atoms with E-state index in [1.54, 1.807) is 0 Å². The fraction of sp³-hybridized carbons (Fsp3) is 0.750. The van der Waals surface area contributed by atoms with Gasteiger partial charge < -0.3 is 19.7 Å². The Hall–Kier alpha value is -1.82. The van der Waals surface area contributed by atoms with Gasteiger partial charge in [0.1, 0.15) is 18.6 Å². The molecule has 6 heteroatoms. The molecule has 0 amide bonds. The smallest absolute Gasteiger partial charge is 0.303 e. The van der Waals surface area contributed by atoms with Crippen LogP contribution in [0.4, 0.5) is 0 Å². The number of carboxylic acids is 1. The largest absolute Gasteiger partial charge is 0.502 e. The van der Waals surface area contributed by atoms with Crippen molar-refractivity contribution in [3.05, 3.63) is 28.3 Å². The van der Waals surface area contributed by atoms with Crippen LogP contribution in [0.15, 0.2) is 21.5 Å². The van der Waals surface area contributed by atoms with Crippen LogP contribution in [0.5, 0.6) is 5.75 Å². The molecule has 1 aromatic heterocycles. The molecule has 6 nitrogen and oxygen atoms in total. The number of carbonyl (C=O) groups is 1. The summed E-state index contributed by atoms with van der Waals surface area (Å²) in [6.07, 6.45) is 21.1. The Balaban J connectivity index is 0.000000696. The summed E-state index contributed by atoms with van der Waals surface area (Å²) in [4.78, 5) is 20.9. The Bertz CT molecular complexity index is 581. The summed E-state index contributed by atoms with van der Waals surface area (Å²) in [5.41, 5.74) is -0.546. The van der Waals surface area contributed by atoms with Gasteiger partial charge >= 0.3 is 5.97 Å². The van der Waals surface area contributed by atoms with Crippen LogP contribution in [-0.2, 0) is 11.4 Å². The lowest BCUT2D eigenvalue weighted by Gasteiger charge is -2.03. The molecule has 1 rings (SSSR count). The van der Waals surface area contributed by atoms with Crippen molar-refractivity contribution in [2.75, 3.05) is 0 Å². The summed E-state index contributed by atoms with van der Waals surface area (Å²) >= 11 is 0. The average Bonchev–Trinajstić information content (AvgIpc) is 2.73. The zero-order valence-corrected chi connectivity index (χ0v) is 18.7. The number of hydrogen-bond donors (Lipinski definition) is 3. The number of carboxylic acid groups (broad SMARTS) is 1. The highest BCUT2D eigenvalue weighted by molar-refractivity contribution is 5.66. The highest BCUT2D eigenvalue weighted by Gasteiger charge is 1.98. The van der Waals surface area contributed by atoms with E-state index in [4.69, 9.17) is 15.3 Å². The van der Waals surface area contributed by atoms with E-state index in [1.807, 2.05) is 0 Å². The Morgan fingerprint density at radius 2 is 1.27 bits per heavy atom. The van der Waals surface area contributed by atoms with Crippen molar-refractivity contribution in [3.63, 3.8) is 0 Å². The van der Waals surface area contributed by atoms with Gasteiger partial charge in [0.2, 0.25) is 5.43 Å². The van der Waals surface area contributed by atoms with Gasteiger partial charge in [0, 0.05) is 12.5 Å². The summed E-state index contributed by atoms with van der Waals surface area (Å²) in [7, 11) is 0. The summed E-state index contributed by atoms with van der Waals surface area (Å²) < 4.78 is 4.59. The van der Waals surface area contributed by atoms with Crippen LogP contribution in [0.2, 0.25) is 0 Å². The van der Waals surface area contributed by atoms with Crippen LogP contribution < -0.4 is 5.43 Å². The van der Waals surface area contributed by atoms with Crippen molar-refractivity contribution in [1.29, 1.82) is 0 Å². The van der Waals surface area contributed by atoms with E-state index in [1.165, 1.54) is 83.5 Å². The Labute approximate surface area is 181 Å². The molecule has 0 aliphatic heterocycles. The van der Waals surface area contributed by atoms with Gasteiger partial charge in [-0.3, -0.25) is 9.59 Å². The average molecular weight is 427 g/mol. The van der Waals surface area contributed by atoms with Crippen molar-refractivity contribution in [2.45, 2.75) is 116 Å². The van der Waals surface area contributed by atoms with Gasteiger partial charge in [-0.2, -0.15) is 0 Å². The van der Waals surface area contributed by atoms with E-state index < -0.39 is 17.1 Å². The van der Waals surface area contributed by atoms with Crippen LogP contribution in [0.25, 0.3) is 0 Å². The van der Waals surface area contributed by atoms with E-state index in [-0.39, 0.29) is 12.4 Å². The molecule has 0 unspecified atom stereocenters. The molecule has 0 saturated heterocycles. The first-order valence-corrected chi connectivity index (χ1v) is 11.6. The lowest BCUT2D eigenvalue weighted by molar-refractivity contribution is -0.137. The topological polar surface area (TPSA) is 108 Å². The molecule has 1 aromatic rings. The van der Waals surface area contributed by atoms with E-state index >= 15 is 0 Å². The number of aromatic hydroxyl groups is 1. The second-order valence-corrected chi connectivity index (χ2v) is 7.85. The summed E-state index contributed by atoms with van der Waals surface area (Å²) in [5.74, 6) is -0.959. The third-order valence-electron chi connectivity index (χ3n) is 5.02. The second-order valence-electron chi connectivity index (χ2n) is 7.85. The SMILES string of the molecule is CCCCCCCCCCCCCCCCCC(=O)O.O=c1cc(CO)occ1O. The van der Waals surface area contributed by atoms with Gasteiger partial charge in [0.15, 0.2) is 5.75 Å². The monoisotopic (exact) mass is 426 g/mol. The molecule has 0 radical (unpaired) electrons. The van der Waals surface area contributed by atoms with Crippen molar-refractivity contribution < 1.29 is 24.5 Å². The first-order chi connectivity index (χ1) is 14.5. The Morgan fingerprint density at radius 3 is 1.63 bits per heavy atom. The molecule has 0 aromatic carbocycles. The quantitative estimate of drug-likeness (QED) is 0.257. The number of unbranched alkanes of at least 4 members (excludes halogenated alkanes) is 14. The Morgan fingerprint density at radius 1 is 0.833 bits per heavy atom. The van der Waals surface area contributed by atoms with Gasteiger partial charge in [-0.15, -0.1) is 0 Å². The predicted molar refractivity (Wildman–Crippen MR) is 120 cm³/mol. The lowest BCUT2D eigenvalue weighted by Crippen LogP contribution is -1.99. The summed E-state index contributed by atoms with van der Waals surface area (Å²) in [6.45, 7) is 1.93. The molecule has 30 heavy (non-hydrogen) atoms. The van der Waals surface area contributed by atoms with Crippen molar-refractivity contribution in [2.24, 2.45) is 0 Å². The molecule has 0 aliphatic rings. The fourth-order valence-corrected chi connectivity index (χ4v) is 3.17. The minimum absolute atomic E-state index is 0.141. The lowest BCUT2D eigenvalue weighted by atomic mass is 10.0. The van der Waals surface area contributed by atoms with Crippen molar-refractivity contribution in [1.82, 2.24) is 0 Å². The maximum Gasteiger partial charge on any atom is 0.303 e. The zero-order valence-electron chi connectivity index (χ0n) is 18.7. The van der Waals surface area contributed by atoms with Gasteiger partial charge in [-0.1, -0.05) is 96.8 Å². The maximum absolute atomic E-state index is 10.6. The minimum Gasteiger partial charge on any atom is -0.502 e. The number of rotatable bonds is 17. The third kappa shape index (κ3) is 18.2. The first-order valence-electron chi connectivity index (χ1n) is 11.6. The molecular weight excluding hydrogens is 384 g/mol. The minimum atomic E-state index is -0.653. The number of aliphatic hydroxyl groups excluding tert-OH is 1. The van der Waals surface area contributed by atoms with Crippen LogP contribution in [0.1, 0.15) is 115 Å².